The van der Waals surface area contributed by atoms with Crippen molar-refractivity contribution in [2.24, 2.45) is 0 Å². The van der Waals surface area contributed by atoms with Crippen molar-refractivity contribution in [1.29, 1.82) is 0 Å². The van der Waals surface area contributed by atoms with Crippen molar-refractivity contribution >= 4 is 43.2 Å². The van der Waals surface area contributed by atoms with Crippen LogP contribution in [0.2, 0.25) is 0 Å². The molecule has 19 heavy (non-hydrogen) atoms. The normalized spacial score (nSPS) is 11.1. The lowest BCUT2D eigenvalue weighted by molar-refractivity contribution is 0.576. The molecule has 3 heteroatoms. The van der Waals surface area contributed by atoms with E-state index in [-0.39, 0.29) is 0 Å². The molecule has 0 fully saturated rings. The molecule has 0 saturated heterocycles. The Morgan fingerprint density at radius 1 is 0.895 bits per heavy atom. The third-order valence-electron chi connectivity index (χ3n) is 3.49. The maximum absolute atomic E-state index is 3.58. The molecular weight excluding hydrogens is 384 g/mol. The number of alkyl halides is 2. The zero-order chi connectivity index (χ0) is 13.9. The van der Waals surface area contributed by atoms with E-state index in [4.69, 9.17) is 0 Å². The van der Waals surface area contributed by atoms with E-state index in [1.165, 1.54) is 68.2 Å². The quantitative estimate of drug-likeness (QED) is 0.267. The lowest BCUT2D eigenvalue weighted by Crippen LogP contribution is -1.83. The minimum Gasteiger partial charge on any atom is -0.144 e. The van der Waals surface area contributed by atoms with Gasteiger partial charge in [-0.05, 0) is 24.5 Å². The van der Waals surface area contributed by atoms with Crippen molar-refractivity contribution in [2.75, 3.05) is 0 Å². The van der Waals surface area contributed by atoms with Gasteiger partial charge in [0.15, 0.2) is 0 Å². The third-order valence-corrected chi connectivity index (χ3v) is 6.26. The van der Waals surface area contributed by atoms with Crippen LogP contribution in [0.25, 0.3) is 0 Å². The van der Waals surface area contributed by atoms with E-state index in [9.17, 15) is 0 Å². The lowest BCUT2D eigenvalue weighted by Gasteiger charge is -2.00. The summed E-state index contributed by atoms with van der Waals surface area (Å²) < 4.78 is 0. The summed E-state index contributed by atoms with van der Waals surface area (Å²) in [5.41, 5.74) is 1.47. The van der Waals surface area contributed by atoms with E-state index in [1.807, 2.05) is 11.3 Å². The molecule has 110 valence electrons. The number of thiophene rings is 1. The average molecular weight is 410 g/mol. The molecule has 1 rings (SSSR count). The summed E-state index contributed by atoms with van der Waals surface area (Å²) in [6, 6.07) is 2.39. The van der Waals surface area contributed by atoms with Gasteiger partial charge in [-0.3, -0.25) is 0 Å². The van der Waals surface area contributed by atoms with Gasteiger partial charge < -0.3 is 0 Å². The summed E-state index contributed by atoms with van der Waals surface area (Å²) in [5.74, 6) is 0. The van der Waals surface area contributed by atoms with Crippen molar-refractivity contribution in [2.45, 2.75) is 75.4 Å². The largest absolute Gasteiger partial charge is 0.144 e. The fourth-order valence-corrected chi connectivity index (χ4v) is 4.78. The van der Waals surface area contributed by atoms with E-state index < -0.39 is 0 Å². The first-order chi connectivity index (χ1) is 9.31. The summed E-state index contributed by atoms with van der Waals surface area (Å²) in [4.78, 5) is 3.06. The smallest absolute Gasteiger partial charge is 0.0380 e. The van der Waals surface area contributed by atoms with E-state index in [1.54, 1.807) is 4.88 Å². The molecule has 0 bridgehead atoms. The second kappa shape index (κ2) is 11.3. The van der Waals surface area contributed by atoms with Crippen molar-refractivity contribution in [1.82, 2.24) is 0 Å². The molecule has 0 nitrogen and oxygen atoms in total. The van der Waals surface area contributed by atoms with Gasteiger partial charge in [-0.2, -0.15) is 0 Å². The summed E-state index contributed by atoms with van der Waals surface area (Å²) in [5, 5.41) is 1.98. The van der Waals surface area contributed by atoms with E-state index >= 15 is 0 Å². The molecule has 0 aliphatic rings. The Morgan fingerprint density at radius 2 is 1.53 bits per heavy atom. The molecule has 0 radical (unpaired) electrons. The van der Waals surface area contributed by atoms with Crippen molar-refractivity contribution in [3.63, 3.8) is 0 Å². The van der Waals surface area contributed by atoms with Crippen LogP contribution in [0.15, 0.2) is 6.07 Å². The maximum atomic E-state index is 3.58. The van der Waals surface area contributed by atoms with E-state index in [0.29, 0.717) is 0 Å². The van der Waals surface area contributed by atoms with Crippen LogP contribution in [0.1, 0.15) is 73.6 Å². The van der Waals surface area contributed by atoms with Crippen LogP contribution in [0.5, 0.6) is 0 Å². The molecule has 0 N–H and O–H groups in total. The molecular formula is C16H26Br2S. The topological polar surface area (TPSA) is 0 Å². The average Bonchev–Trinajstić information content (AvgIpc) is 2.84. The SMILES string of the molecule is CCCCCCCCCCc1cc(CBr)c(CBr)s1. The number of rotatable bonds is 11. The second-order valence-corrected chi connectivity index (χ2v) is 7.50. The molecule has 0 spiro atoms. The Hall–Kier alpha value is 0.660. The highest BCUT2D eigenvalue weighted by molar-refractivity contribution is 9.09. The zero-order valence-corrected chi connectivity index (χ0v) is 16.0. The fraction of sp³-hybridized carbons (Fsp3) is 0.750. The molecule has 0 aromatic carbocycles. The number of hydrogen-bond donors (Lipinski definition) is 0. The monoisotopic (exact) mass is 408 g/mol. The van der Waals surface area contributed by atoms with Crippen molar-refractivity contribution < 1.29 is 0 Å². The Labute approximate surface area is 139 Å². The van der Waals surface area contributed by atoms with Gasteiger partial charge in [0.05, 0.1) is 0 Å². The van der Waals surface area contributed by atoms with Crippen LogP contribution >= 0.6 is 43.2 Å². The minimum absolute atomic E-state index is 0.988. The minimum atomic E-state index is 0.988. The molecule has 1 heterocycles. The third kappa shape index (κ3) is 7.29. The summed E-state index contributed by atoms with van der Waals surface area (Å²) >= 11 is 9.13. The van der Waals surface area contributed by atoms with Gasteiger partial charge in [0.2, 0.25) is 0 Å². The molecule has 1 aromatic heterocycles. The molecule has 1 aromatic rings. The molecule has 0 aliphatic heterocycles. The van der Waals surface area contributed by atoms with Gasteiger partial charge >= 0.3 is 0 Å². The Morgan fingerprint density at radius 3 is 2.05 bits per heavy atom. The van der Waals surface area contributed by atoms with Gasteiger partial charge in [0, 0.05) is 20.4 Å². The van der Waals surface area contributed by atoms with Gasteiger partial charge in [0.25, 0.3) is 0 Å². The number of halogens is 2. The highest BCUT2D eigenvalue weighted by Crippen LogP contribution is 2.28. The predicted octanol–water partition coefficient (Wildman–Crippen LogP) is 7.22. The number of hydrogen-bond acceptors (Lipinski definition) is 1. The van der Waals surface area contributed by atoms with Crippen LogP contribution in [-0.2, 0) is 17.1 Å². The van der Waals surface area contributed by atoms with E-state index in [2.05, 4.69) is 44.8 Å². The molecule has 0 saturated carbocycles. The first kappa shape index (κ1) is 17.7. The second-order valence-electron chi connectivity index (χ2n) is 5.15. The highest BCUT2D eigenvalue weighted by Gasteiger charge is 2.06. The van der Waals surface area contributed by atoms with Gasteiger partial charge in [0.1, 0.15) is 0 Å². The predicted molar refractivity (Wildman–Crippen MR) is 95.9 cm³/mol. The van der Waals surface area contributed by atoms with E-state index in [0.717, 1.165) is 10.7 Å². The van der Waals surface area contributed by atoms with Gasteiger partial charge in [-0.1, -0.05) is 83.7 Å². The number of aryl methyl sites for hydroxylation is 1. The Bertz CT molecular complexity index is 312. The molecule has 0 unspecified atom stereocenters. The van der Waals surface area contributed by atoms with Gasteiger partial charge in [-0.25, -0.2) is 0 Å². The van der Waals surface area contributed by atoms with Crippen LogP contribution < -0.4 is 0 Å². The van der Waals surface area contributed by atoms with Gasteiger partial charge in [-0.15, -0.1) is 11.3 Å². The summed E-state index contributed by atoms with van der Waals surface area (Å²) in [7, 11) is 0. The van der Waals surface area contributed by atoms with Crippen LogP contribution in [0.4, 0.5) is 0 Å². The Kier molecular flexibility index (Phi) is 10.6. The van der Waals surface area contributed by atoms with Crippen LogP contribution in [0, 0.1) is 0 Å². The lowest BCUT2D eigenvalue weighted by atomic mass is 10.1. The van der Waals surface area contributed by atoms with Crippen LogP contribution in [0.3, 0.4) is 0 Å². The molecule has 0 aliphatic carbocycles. The molecule has 0 atom stereocenters. The summed E-state index contributed by atoms with van der Waals surface area (Å²) in [6.45, 7) is 2.28. The fourth-order valence-electron chi connectivity index (χ4n) is 2.31. The standard InChI is InChI=1S/C16H26Br2S/c1-2-3-4-5-6-7-8-9-10-15-11-14(12-17)16(13-18)19-15/h11H,2-10,12-13H2,1H3. The number of unbranched alkanes of at least 4 members (excludes halogenated alkanes) is 7. The highest BCUT2D eigenvalue weighted by atomic mass is 79.9. The maximum Gasteiger partial charge on any atom is 0.0380 e. The first-order valence-electron chi connectivity index (χ1n) is 7.54. The summed E-state index contributed by atoms with van der Waals surface area (Å²) in [6.07, 6.45) is 12.5. The van der Waals surface area contributed by atoms with Crippen LogP contribution in [-0.4, -0.2) is 0 Å². The first-order valence-corrected chi connectivity index (χ1v) is 10.6. The zero-order valence-electron chi connectivity index (χ0n) is 12.0. The van der Waals surface area contributed by atoms with Crippen molar-refractivity contribution in [3.05, 3.63) is 21.4 Å². The Balaban J connectivity index is 2.10. The molecule has 0 amide bonds. The van der Waals surface area contributed by atoms with Crippen molar-refractivity contribution in [3.8, 4) is 0 Å².